The van der Waals surface area contributed by atoms with Crippen molar-refractivity contribution in [3.05, 3.63) is 78.9 Å². The lowest BCUT2D eigenvalue weighted by Crippen LogP contribution is -3.14. The molecule has 3 aromatic rings. The Morgan fingerprint density at radius 3 is 2.28 bits per heavy atom. The molecule has 4 rings (SSSR count). The predicted octanol–water partition coefficient (Wildman–Crippen LogP) is 3.52. The molecule has 5 heteroatoms. The van der Waals surface area contributed by atoms with Crippen molar-refractivity contribution in [1.82, 2.24) is 0 Å². The van der Waals surface area contributed by atoms with Gasteiger partial charge < -0.3 is 20.4 Å². The number of nitrogens with zero attached hydrogens (tertiary/aromatic N) is 1. The Bertz CT molecular complexity index is 1010. The molecule has 5 nitrogen and oxygen atoms in total. The van der Waals surface area contributed by atoms with Crippen molar-refractivity contribution >= 4 is 23.0 Å². The summed E-state index contributed by atoms with van der Waals surface area (Å²) in [5, 5.41) is 6.42. The van der Waals surface area contributed by atoms with E-state index in [4.69, 9.17) is 0 Å². The van der Waals surface area contributed by atoms with Gasteiger partial charge in [-0.3, -0.25) is 4.79 Å². The summed E-state index contributed by atoms with van der Waals surface area (Å²) < 4.78 is 0. The Balaban J connectivity index is 1.37. The molecule has 0 spiro atoms. The fourth-order valence-corrected chi connectivity index (χ4v) is 4.22. The van der Waals surface area contributed by atoms with E-state index in [1.165, 1.54) is 25.3 Å². The van der Waals surface area contributed by atoms with Crippen LogP contribution in [0.2, 0.25) is 0 Å². The number of hydrogen-bond donors (Lipinski definition) is 3. The lowest BCUT2D eigenvalue weighted by Gasteiger charge is -2.33. The number of rotatable bonds is 7. The van der Waals surface area contributed by atoms with E-state index in [9.17, 15) is 4.79 Å². The number of para-hydroxylation sites is 1. The average molecular weight is 430 g/mol. The maximum atomic E-state index is 12.9. The second kappa shape index (κ2) is 10.3. The topological polar surface area (TPSA) is 48.8 Å². The Hall–Kier alpha value is -3.31. The highest BCUT2D eigenvalue weighted by Gasteiger charge is 2.19. The molecule has 0 aromatic heterocycles. The Kier molecular flexibility index (Phi) is 7.07. The van der Waals surface area contributed by atoms with Gasteiger partial charge in [-0.05, 0) is 49.7 Å². The number of hydrogen-bond acceptors (Lipinski definition) is 3. The quantitative estimate of drug-likeness (QED) is 0.539. The lowest BCUT2D eigenvalue weighted by atomic mass is 10.0. The summed E-state index contributed by atoms with van der Waals surface area (Å²) in [5.74, 6) is -0.0591. The molecule has 1 atom stereocenters. The minimum atomic E-state index is -0.360. The molecule has 0 unspecified atom stereocenters. The van der Waals surface area contributed by atoms with Crippen LogP contribution in [0.5, 0.6) is 0 Å². The van der Waals surface area contributed by atoms with Crippen molar-refractivity contribution in [2.45, 2.75) is 19.9 Å². The minimum Gasteiger partial charge on any atom is -0.374 e. The first kappa shape index (κ1) is 21.9. The van der Waals surface area contributed by atoms with E-state index in [1.54, 1.807) is 4.90 Å². The largest absolute Gasteiger partial charge is 0.374 e. The Morgan fingerprint density at radius 1 is 0.938 bits per heavy atom. The van der Waals surface area contributed by atoms with E-state index < -0.39 is 0 Å². The third-order valence-corrected chi connectivity index (χ3v) is 6.25. The highest BCUT2D eigenvalue weighted by Crippen LogP contribution is 2.27. The molecule has 1 fully saturated rings. The van der Waals surface area contributed by atoms with Crippen LogP contribution in [0.4, 0.5) is 17.1 Å². The molecule has 0 aliphatic carbocycles. The van der Waals surface area contributed by atoms with Gasteiger partial charge in [0.2, 0.25) is 5.91 Å². The van der Waals surface area contributed by atoms with Crippen LogP contribution in [0.3, 0.4) is 0 Å². The van der Waals surface area contributed by atoms with Crippen LogP contribution in [-0.2, 0) is 4.79 Å². The zero-order valence-electron chi connectivity index (χ0n) is 19.0. The summed E-state index contributed by atoms with van der Waals surface area (Å²) in [7, 11) is 0. The number of carbonyl (C=O) groups is 1. The SMILES string of the molecule is CC[NH+]1CCN(c2ccc(N[C@@H](C)C(=O)Nc3ccccc3-c3ccccc3)cc2)CC1. The number of carbonyl (C=O) groups excluding carboxylic acids is 1. The normalized spacial score (nSPS) is 15.2. The number of anilines is 3. The fraction of sp³-hybridized carbons (Fsp3) is 0.296. The highest BCUT2D eigenvalue weighted by molar-refractivity contribution is 5.99. The van der Waals surface area contributed by atoms with E-state index in [0.717, 1.165) is 35.6 Å². The van der Waals surface area contributed by atoms with E-state index in [1.807, 2.05) is 49.4 Å². The minimum absolute atomic E-state index is 0.0591. The zero-order valence-corrected chi connectivity index (χ0v) is 19.0. The van der Waals surface area contributed by atoms with E-state index in [2.05, 4.69) is 58.9 Å². The summed E-state index contributed by atoms with van der Waals surface area (Å²) in [6.07, 6.45) is 0. The number of quaternary nitrogens is 1. The maximum Gasteiger partial charge on any atom is 0.246 e. The number of benzene rings is 3. The standard InChI is InChI=1S/C27H32N4O/c1-3-30-17-19-31(20-18-30)24-15-13-23(14-16-24)28-21(2)27(32)29-26-12-8-7-11-25(26)22-9-5-4-6-10-22/h4-16,21,28H,3,17-20H2,1-2H3,(H,29,32)/p+1/t21-/m0/s1. The second-order valence-electron chi connectivity index (χ2n) is 8.40. The predicted molar refractivity (Wildman–Crippen MR) is 133 cm³/mol. The van der Waals surface area contributed by atoms with Crippen LogP contribution < -0.4 is 20.4 Å². The fourth-order valence-electron chi connectivity index (χ4n) is 4.22. The van der Waals surface area contributed by atoms with Crippen LogP contribution >= 0.6 is 0 Å². The van der Waals surface area contributed by atoms with Crippen molar-refractivity contribution in [3.63, 3.8) is 0 Å². The monoisotopic (exact) mass is 429 g/mol. The van der Waals surface area contributed by atoms with Gasteiger partial charge in [-0.15, -0.1) is 0 Å². The van der Waals surface area contributed by atoms with Crippen LogP contribution in [0.25, 0.3) is 11.1 Å². The van der Waals surface area contributed by atoms with Crippen LogP contribution in [0.15, 0.2) is 78.9 Å². The van der Waals surface area contributed by atoms with Gasteiger partial charge in [0.15, 0.2) is 0 Å². The van der Waals surface area contributed by atoms with E-state index in [0.29, 0.717) is 0 Å². The molecule has 0 radical (unpaired) electrons. The van der Waals surface area contributed by atoms with Crippen molar-refractivity contribution in [3.8, 4) is 11.1 Å². The molecule has 1 heterocycles. The first-order valence-corrected chi connectivity index (χ1v) is 11.5. The molecule has 32 heavy (non-hydrogen) atoms. The molecule has 1 saturated heterocycles. The molecule has 166 valence electrons. The van der Waals surface area contributed by atoms with Gasteiger partial charge in [0, 0.05) is 22.6 Å². The van der Waals surface area contributed by atoms with Crippen LogP contribution in [-0.4, -0.2) is 44.7 Å². The number of nitrogens with one attached hydrogen (secondary N) is 3. The molecular weight excluding hydrogens is 396 g/mol. The van der Waals surface area contributed by atoms with E-state index >= 15 is 0 Å². The van der Waals surface area contributed by atoms with Gasteiger partial charge >= 0.3 is 0 Å². The summed E-state index contributed by atoms with van der Waals surface area (Å²) >= 11 is 0. The molecule has 0 saturated carbocycles. The third kappa shape index (κ3) is 5.29. The highest BCUT2D eigenvalue weighted by atomic mass is 16.2. The van der Waals surface area contributed by atoms with Crippen molar-refractivity contribution < 1.29 is 9.69 Å². The van der Waals surface area contributed by atoms with Gasteiger partial charge in [0.25, 0.3) is 0 Å². The Morgan fingerprint density at radius 2 is 1.59 bits per heavy atom. The second-order valence-corrected chi connectivity index (χ2v) is 8.40. The van der Waals surface area contributed by atoms with Crippen LogP contribution in [0, 0.1) is 0 Å². The van der Waals surface area contributed by atoms with Gasteiger partial charge in [0.05, 0.1) is 32.7 Å². The van der Waals surface area contributed by atoms with Crippen molar-refractivity contribution in [1.29, 1.82) is 0 Å². The molecule has 1 aliphatic rings. The van der Waals surface area contributed by atoms with Crippen LogP contribution in [0.1, 0.15) is 13.8 Å². The summed E-state index contributed by atoms with van der Waals surface area (Å²) in [4.78, 5) is 17.0. The van der Waals surface area contributed by atoms with Gasteiger partial charge in [0.1, 0.15) is 6.04 Å². The number of piperazine rings is 1. The summed E-state index contributed by atoms with van der Waals surface area (Å²) in [6, 6.07) is 26.1. The third-order valence-electron chi connectivity index (χ3n) is 6.25. The molecular formula is C27H33N4O+. The first-order valence-electron chi connectivity index (χ1n) is 11.5. The summed E-state index contributed by atoms with van der Waals surface area (Å²) in [6.45, 7) is 9.91. The van der Waals surface area contributed by atoms with Gasteiger partial charge in [-0.2, -0.15) is 0 Å². The number of amides is 1. The molecule has 0 bridgehead atoms. The molecule has 3 N–H and O–H groups in total. The van der Waals surface area contributed by atoms with Gasteiger partial charge in [-0.25, -0.2) is 0 Å². The average Bonchev–Trinajstić information content (AvgIpc) is 2.85. The smallest absolute Gasteiger partial charge is 0.246 e. The van der Waals surface area contributed by atoms with E-state index in [-0.39, 0.29) is 11.9 Å². The molecule has 1 aliphatic heterocycles. The zero-order chi connectivity index (χ0) is 22.3. The summed E-state index contributed by atoms with van der Waals surface area (Å²) in [5.41, 5.74) is 5.12. The Labute approximate surface area is 191 Å². The van der Waals surface area contributed by atoms with Gasteiger partial charge in [-0.1, -0.05) is 48.5 Å². The number of likely N-dealkylation sites (N-methyl/N-ethyl adjacent to an activating group) is 1. The molecule has 3 aromatic carbocycles. The van der Waals surface area contributed by atoms with Crippen molar-refractivity contribution in [2.75, 3.05) is 48.3 Å². The molecule has 1 amide bonds. The first-order chi connectivity index (χ1) is 15.6. The lowest BCUT2D eigenvalue weighted by molar-refractivity contribution is -0.898. The maximum absolute atomic E-state index is 12.9. The van der Waals surface area contributed by atoms with Crippen molar-refractivity contribution in [2.24, 2.45) is 0 Å².